The summed E-state index contributed by atoms with van der Waals surface area (Å²) in [5.74, 6) is 1.93. The summed E-state index contributed by atoms with van der Waals surface area (Å²) in [4.78, 5) is 14.7. The number of piperidine rings is 1. The Bertz CT molecular complexity index is 790. The number of amides is 1. The van der Waals surface area contributed by atoms with Gasteiger partial charge in [0.05, 0.1) is 6.20 Å². The van der Waals surface area contributed by atoms with Gasteiger partial charge in [-0.2, -0.15) is 5.10 Å². The molecule has 1 aromatic heterocycles. The molecule has 3 heterocycles. The van der Waals surface area contributed by atoms with Crippen molar-refractivity contribution in [1.82, 2.24) is 15.1 Å². The lowest BCUT2D eigenvalue weighted by molar-refractivity contribution is -0.134. The van der Waals surface area contributed by atoms with E-state index in [4.69, 9.17) is 9.47 Å². The number of nitrogens with zero attached hydrogens (tertiary/aromatic N) is 2. The molecule has 2 aliphatic heterocycles. The number of nitrogens with one attached hydrogen (secondary N) is 1. The van der Waals surface area contributed by atoms with Gasteiger partial charge in [0.25, 0.3) is 0 Å². The molecule has 1 amide bonds. The van der Waals surface area contributed by atoms with E-state index < -0.39 is 0 Å². The number of fused-ring (bicyclic) bond motifs is 1. The van der Waals surface area contributed by atoms with Gasteiger partial charge in [-0.25, -0.2) is 0 Å². The minimum absolute atomic E-state index is 0.103. The fourth-order valence-corrected chi connectivity index (χ4v) is 4.23. The van der Waals surface area contributed by atoms with Crippen molar-refractivity contribution in [2.75, 3.05) is 19.9 Å². The molecule has 0 aliphatic carbocycles. The molecule has 2 aromatic rings. The van der Waals surface area contributed by atoms with E-state index in [1.165, 1.54) is 5.56 Å². The Morgan fingerprint density at radius 3 is 3.04 bits per heavy atom. The van der Waals surface area contributed by atoms with Crippen molar-refractivity contribution in [3.63, 3.8) is 0 Å². The Labute approximate surface area is 159 Å². The van der Waals surface area contributed by atoms with Crippen LogP contribution in [0.3, 0.4) is 0 Å². The predicted octanol–water partition coefficient (Wildman–Crippen LogP) is 3.33. The quantitative estimate of drug-likeness (QED) is 0.848. The van der Waals surface area contributed by atoms with Gasteiger partial charge in [0.15, 0.2) is 11.5 Å². The first-order chi connectivity index (χ1) is 13.1. The molecule has 1 N–H and O–H groups in total. The molecule has 0 spiro atoms. The van der Waals surface area contributed by atoms with Gasteiger partial charge in [-0.05, 0) is 60.8 Å². The van der Waals surface area contributed by atoms with Crippen LogP contribution in [0.5, 0.6) is 11.5 Å². The predicted molar refractivity (Wildman–Crippen MR) is 102 cm³/mol. The van der Waals surface area contributed by atoms with Crippen LogP contribution in [0.2, 0.25) is 0 Å². The van der Waals surface area contributed by atoms with Crippen molar-refractivity contribution in [2.24, 2.45) is 5.41 Å². The Morgan fingerprint density at radius 2 is 2.19 bits per heavy atom. The fourth-order valence-electron chi connectivity index (χ4n) is 4.23. The monoisotopic (exact) mass is 369 g/mol. The highest BCUT2D eigenvalue weighted by Gasteiger charge is 2.33. The molecule has 1 atom stereocenters. The maximum Gasteiger partial charge on any atom is 0.231 e. The smallest absolute Gasteiger partial charge is 0.231 e. The van der Waals surface area contributed by atoms with Gasteiger partial charge >= 0.3 is 0 Å². The normalized spacial score (nSPS) is 21.4. The molecular weight excluding hydrogens is 342 g/mol. The Hall–Kier alpha value is -2.50. The van der Waals surface area contributed by atoms with Crippen LogP contribution in [-0.4, -0.2) is 40.9 Å². The molecule has 1 saturated heterocycles. The third kappa shape index (κ3) is 4.26. The van der Waals surface area contributed by atoms with Crippen molar-refractivity contribution >= 4 is 5.91 Å². The van der Waals surface area contributed by atoms with Gasteiger partial charge in [-0.1, -0.05) is 13.0 Å². The van der Waals surface area contributed by atoms with Crippen LogP contribution in [0.1, 0.15) is 43.7 Å². The first-order valence-corrected chi connectivity index (χ1v) is 9.75. The number of carbonyl (C=O) groups is 1. The number of hydrogen-bond acceptors (Lipinski definition) is 4. The highest BCUT2D eigenvalue weighted by atomic mass is 16.7. The Balaban J connectivity index is 1.32. The molecule has 0 unspecified atom stereocenters. The first kappa shape index (κ1) is 17.9. The number of carbonyl (C=O) groups excluding carboxylic acids is 1. The molecule has 4 rings (SSSR count). The summed E-state index contributed by atoms with van der Waals surface area (Å²) in [6.07, 6.45) is 9.24. The molecule has 2 aliphatic rings. The topological polar surface area (TPSA) is 67.5 Å². The van der Waals surface area contributed by atoms with Crippen molar-refractivity contribution in [3.8, 4) is 11.5 Å². The molecular formula is C21H27N3O3. The van der Waals surface area contributed by atoms with Crippen LogP contribution in [-0.2, 0) is 17.6 Å². The number of rotatable bonds is 6. The second-order valence-corrected chi connectivity index (χ2v) is 8.05. The summed E-state index contributed by atoms with van der Waals surface area (Å²) >= 11 is 0. The maximum absolute atomic E-state index is 12.7. The van der Waals surface area contributed by atoms with E-state index in [9.17, 15) is 4.79 Å². The lowest BCUT2D eigenvalue weighted by Crippen LogP contribution is -2.45. The molecule has 6 nitrogen and oxygen atoms in total. The van der Waals surface area contributed by atoms with E-state index in [2.05, 4.69) is 34.2 Å². The number of aromatic amines is 1. The number of likely N-dealkylation sites (tertiary alicyclic amines) is 1. The lowest BCUT2D eigenvalue weighted by atomic mass is 9.77. The molecule has 0 radical (unpaired) electrons. The number of hydrogen-bond donors (Lipinski definition) is 1. The highest BCUT2D eigenvalue weighted by Crippen LogP contribution is 2.37. The third-order valence-corrected chi connectivity index (χ3v) is 5.61. The second kappa shape index (κ2) is 7.62. The minimum atomic E-state index is 0.103. The zero-order chi connectivity index (χ0) is 18.7. The zero-order valence-electron chi connectivity index (χ0n) is 15.9. The van der Waals surface area contributed by atoms with Crippen molar-refractivity contribution in [2.45, 2.75) is 45.4 Å². The molecule has 6 heteroatoms. The van der Waals surface area contributed by atoms with Gasteiger partial charge in [-0.3, -0.25) is 9.89 Å². The van der Waals surface area contributed by atoms with Crippen LogP contribution in [0.15, 0.2) is 30.6 Å². The van der Waals surface area contributed by atoms with E-state index in [1.54, 1.807) is 0 Å². The van der Waals surface area contributed by atoms with Gasteiger partial charge in [0, 0.05) is 25.7 Å². The first-order valence-electron chi connectivity index (χ1n) is 9.75. The largest absolute Gasteiger partial charge is 0.454 e. The molecule has 0 bridgehead atoms. The molecule has 1 fully saturated rings. The van der Waals surface area contributed by atoms with Crippen LogP contribution in [0.25, 0.3) is 0 Å². The lowest BCUT2D eigenvalue weighted by Gasteiger charge is -2.41. The summed E-state index contributed by atoms with van der Waals surface area (Å²) in [6.45, 7) is 4.30. The molecule has 144 valence electrons. The number of aryl methyl sites for hydroxylation is 1. The third-order valence-electron chi connectivity index (χ3n) is 5.61. The number of aromatic nitrogens is 2. The van der Waals surface area contributed by atoms with Gasteiger partial charge in [0.2, 0.25) is 12.7 Å². The van der Waals surface area contributed by atoms with Crippen molar-refractivity contribution in [1.29, 1.82) is 0 Å². The fraction of sp³-hybridized carbons (Fsp3) is 0.524. The van der Waals surface area contributed by atoms with Crippen molar-refractivity contribution < 1.29 is 14.3 Å². The minimum Gasteiger partial charge on any atom is -0.454 e. The van der Waals surface area contributed by atoms with Crippen LogP contribution in [0, 0.1) is 5.41 Å². The molecule has 1 aromatic carbocycles. The van der Waals surface area contributed by atoms with E-state index in [1.807, 2.05) is 18.5 Å². The van der Waals surface area contributed by atoms with Crippen LogP contribution >= 0.6 is 0 Å². The van der Waals surface area contributed by atoms with E-state index >= 15 is 0 Å². The zero-order valence-corrected chi connectivity index (χ0v) is 15.9. The Morgan fingerprint density at radius 1 is 1.30 bits per heavy atom. The summed E-state index contributed by atoms with van der Waals surface area (Å²) in [7, 11) is 0. The second-order valence-electron chi connectivity index (χ2n) is 8.05. The summed E-state index contributed by atoms with van der Waals surface area (Å²) in [5.41, 5.74) is 2.51. The number of ether oxygens (including phenoxy) is 2. The van der Waals surface area contributed by atoms with Crippen molar-refractivity contribution in [3.05, 3.63) is 41.7 Å². The average molecular weight is 369 g/mol. The van der Waals surface area contributed by atoms with Crippen LogP contribution in [0.4, 0.5) is 0 Å². The summed E-state index contributed by atoms with van der Waals surface area (Å²) in [6, 6.07) is 6.19. The summed E-state index contributed by atoms with van der Waals surface area (Å²) in [5, 5.41) is 6.77. The van der Waals surface area contributed by atoms with E-state index in [0.29, 0.717) is 13.2 Å². The van der Waals surface area contributed by atoms with Crippen LogP contribution < -0.4 is 9.47 Å². The van der Waals surface area contributed by atoms with Gasteiger partial charge in [-0.15, -0.1) is 0 Å². The van der Waals surface area contributed by atoms with E-state index in [0.717, 1.165) is 62.3 Å². The van der Waals surface area contributed by atoms with Gasteiger partial charge in [0.1, 0.15) is 0 Å². The maximum atomic E-state index is 12.7. The molecule has 0 saturated carbocycles. The standard InChI is InChI=1S/C21H27N3O3/c1-21(11-16-6-7-18-19(10-16)27-15-26-18)8-3-9-24(14-21)20(25)5-2-4-17-12-22-23-13-17/h6-7,10,12-13H,2-5,8-9,11,14-15H2,1H3,(H,22,23)/t21-/m0/s1. The van der Waals surface area contributed by atoms with Gasteiger partial charge < -0.3 is 14.4 Å². The number of H-pyrrole nitrogens is 1. The highest BCUT2D eigenvalue weighted by molar-refractivity contribution is 5.76. The SMILES string of the molecule is C[C@@]1(Cc2ccc3c(c2)OCO3)CCCN(C(=O)CCCc2cn[nH]c2)C1. The average Bonchev–Trinajstić information content (AvgIpc) is 3.32. The Kier molecular flexibility index (Phi) is 5.05. The molecule has 27 heavy (non-hydrogen) atoms. The summed E-state index contributed by atoms with van der Waals surface area (Å²) < 4.78 is 10.9. The number of benzene rings is 1. The van der Waals surface area contributed by atoms with E-state index in [-0.39, 0.29) is 11.3 Å².